The van der Waals surface area contributed by atoms with E-state index in [4.69, 9.17) is 25.5 Å². The molecule has 3 rings (SSSR count). The number of amides is 1. The summed E-state index contributed by atoms with van der Waals surface area (Å²) in [6, 6.07) is 8.64. The highest BCUT2D eigenvalue weighted by molar-refractivity contribution is 7.18. The van der Waals surface area contributed by atoms with E-state index < -0.39 is 17.8 Å². The van der Waals surface area contributed by atoms with Gasteiger partial charge in [0.25, 0.3) is 5.91 Å². The van der Waals surface area contributed by atoms with Crippen LogP contribution in [-0.2, 0) is 9.47 Å². The first-order valence-electron chi connectivity index (χ1n) is 9.92. The van der Waals surface area contributed by atoms with E-state index in [-0.39, 0.29) is 34.4 Å². The summed E-state index contributed by atoms with van der Waals surface area (Å²) in [5.74, 6) is -1.27. The van der Waals surface area contributed by atoms with Gasteiger partial charge in [-0.3, -0.25) is 4.79 Å². The number of hydrogen-bond acceptors (Lipinski definition) is 7. The average molecular weight is 476 g/mol. The van der Waals surface area contributed by atoms with E-state index in [1.807, 2.05) is 19.1 Å². The molecule has 0 fully saturated rings. The molecule has 0 aliphatic heterocycles. The minimum Gasteiger partial charge on any atom is -0.462 e. The number of nitrogens with one attached hydrogen (secondary N) is 1. The molecule has 7 nitrogen and oxygen atoms in total. The van der Waals surface area contributed by atoms with E-state index in [0.29, 0.717) is 16.3 Å². The van der Waals surface area contributed by atoms with Gasteiger partial charge in [-0.2, -0.15) is 0 Å². The third-order valence-electron chi connectivity index (χ3n) is 4.60. The van der Waals surface area contributed by atoms with Gasteiger partial charge in [0.2, 0.25) is 0 Å². The van der Waals surface area contributed by atoms with Crippen molar-refractivity contribution >= 4 is 45.8 Å². The van der Waals surface area contributed by atoms with Gasteiger partial charge in [0.05, 0.1) is 18.8 Å². The van der Waals surface area contributed by atoms with Gasteiger partial charge in [0.1, 0.15) is 15.6 Å². The molecule has 168 valence electrons. The standard InChI is InChI=1S/C23H22ClNO6S/c1-5-29-22(27)18-13(4)19(23(28)30-6-2)32-21(18)25-20(26)17-10-9-16(31-17)14-8-7-12(3)15(24)11-14/h7-11H,5-6H2,1-4H3,(H,25,26). The zero-order valence-corrected chi connectivity index (χ0v) is 19.6. The molecular formula is C23H22ClNO6S. The lowest BCUT2D eigenvalue weighted by Gasteiger charge is -2.06. The normalized spacial score (nSPS) is 10.7. The summed E-state index contributed by atoms with van der Waals surface area (Å²) in [6.45, 7) is 7.19. The average Bonchev–Trinajstić information content (AvgIpc) is 3.36. The van der Waals surface area contributed by atoms with Gasteiger partial charge in [-0.05, 0) is 57.0 Å². The second-order valence-electron chi connectivity index (χ2n) is 6.78. The van der Waals surface area contributed by atoms with E-state index in [1.165, 1.54) is 6.07 Å². The first-order valence-corrected chi connectivity index (χ1v) is 11.1. The highest BCUT2D eigenvalue weighted by Crippen LogP contribution is 2.35. The largest absolute Gasteiger partial charge is 0.462 e. The SMILES string of the molecule is CCOC(=O)c1sc(NC(=O)c2ccc(-c3ccc(C)c(Cl)c3)o2)c(C(=O)OCC)c1C. The van der Waals surface area contributed by atoms with Crippen molar-refractivity contribution in [2.75, 3.05) is 18.5 Å². The Morgan fingerprint density at radius 1 is 1.03 bits per heavy atom. The summed E-state index contributed by atoms with van der Waals surface area (Å²) in [4.78, 5) is 37.8. The van der Waals surface area contributed by atoms with Crippen LogP contribution >= 0.6 is 22.9 Å². The van der Waals surface area contributed by atoms with E-state index >= 15 is 0 Å². The molecule has 0 atom stereocenters. The minimum atomic E-state index is -0.637. The van der Waals surface area contributed by atoms with Crippen LogP contribution in [0.1, 0.15) is 55.6 Å². The number of rotatable bonds is 7. The smallest absolute Gasteiger partial charge is 0.348 e. The predicted octanol–water partition coefficient (Wildman–Crippen LogP) is 5.88. The number of esters is 2. The number of carbonyl (C=O) groups excluding carboxylic acids is 3. The number of hydrogen-bond donors (Lipinski definition) is 1. The maximum atomic E-state index is 12.8. The number of carbonyl (C=O) groups is 3. The van der Waals surface area contributed by atoms with Crippen molar-refractivity contribution in [3.05, 3.63) is 62.7 Å². The van der Waals surface area contributed by atoms with E-state index in [1.54, 1.807) is 32.9 Å². The van der Waals surface area contributed by atoms with Gasteiger partial charge in [-0.1, -0.05) is 23.7 Å². The molecule has 32 heavy (non-hydrogen) atoms. The molecule has 0 spiro atoms. The zero-order chi connectivity index (χ0) is 23.4. The highest BCUT2D eigenvalue weighted by Gasteiger charge is 2.28. The molecule has 2 heterocycles. The van der Waals surface area contributed by atoms with Crippen LogP contribution in [0.25, 0.3) is 11.3 Å². The van der Waals surface area contributed by atoms with Crippen LogP contribution < -0.4 is 5.32 Å². The van der Waals surface area contributed by atoms with Crippen molar-refractivity contribution in [1.82, 2.24) is 0 Å². The number of anilines is 1. The number of thiophene rings is 1. The molecule has 9 heteroatoms. The third-order valence-corrected chi connectivity index (χ3v) is 6.19. The van der Waals surface area contributed by atoms with Gasteiger partial charge in [-0.15, -0.1) is 11.3 Å². The lowest BCUT2D eigenvalue weighted by atomic mass is 10.1. The van der Waals surface area contributed by atoms with Crippen LogP contribution in [0.4, 0.5) is 5.00 Å². The Kier molecular flexibility index (Phi) is 7.37. The summed E-state index contributed by atoms with van der Waals surface area (Å²) in [5.41, 5.74) is 2.15. The van der Waals surface area contributed by atoms with Crippen LogP contribution in [0.15, 0.2) is 34.7 Å². The molecule has 0 saturated heterocycles. The zero-order valence-electron chi connectivity index (χ0n) is 18.0. The van der Waals surface area contributed by atoms with E-state index in [0.717, 1.165) is 22.5 Å². The maximum absolute atomic E-state index is 12.8. The lowest BCUT2D eigenvalue weighted by molar-refractivity contribution is 0.0527. The summed E-state index contributed by atoms with van der Waals surface area (Å²) < 4.78 is 15.9. The molecule has 0 bridgehead atoms. The van der Waals surface area contributed by atoms with Crippen LogP contribution in [-0.4, -0.2) is 31.1 Å². The Morgan fingerprint density at radius 3 is 2.38 bits per heavy atom. The molecule has 0 aliphatic carbocycles. The van der Waals surface area contributed by atoms with E-state index in [2.05, 4.69) is 5.32 Å². The second-order valence-corrected chi connectivity index (χ2v) is 8.21. The van der Waals surface area contributed by atoms with Crippen molar-refractivity contribution in [1.29, 1.82) is 0 Å². The van der Waals surface area contributed by atoms with Crippen LogP contribution in [0.5, 0.6) is 0 Å². The fourth-order valence-electron chi connectivity index (χ4n) is 2.97. The Balaban J connectivity index is 1.90. The number of halogens is 1. The Morgan fingerprint density at radius 2 is 1.72 bits per heavy atom. The topological polar surface area (TPSA) is 94.8 Å². The quantitative estimate of drug-likeness (QED) is 0.428. The lowest BCUT2D eigenvalue weighted by Crippen LogP contribution is -2.14. The van der Waals surface area contributed by atoms with Crippen molar-refractivity contribution in [2.45, 2.75) is 27.7 Å². The summed E-state index contributed by atoms with van der Waals surface area (Å²) >= 11 is 7.13. The van der Waals surface area contributed by atoms with Crippen LogP contribution in [0.3, 0.4) is 0 Å². The van der Waals surface area contributed by atoms with Crippen LogP contribution in [0, 0.1) is 13.8 Å². The summed E-state index contributed by atoms with van der Waals surface area (Å²) in [6.07, 6.45) is 0. The molecule has 1 N–H and O–H groups in total. The monoisotopic (exact) mass is 475 g/mol. The molecule has 2 aromatic heterocycles. The molecule has 0 radical (unpaired) electrons. The Hall–Kier alpha value is -3.10. The maximum Gasteiger partial charge on any atom is 0.348 e. The Bertz CT molecular complexity index is 1180. The molecule has 0 aliphatic rings. The minimum absolute atomic E-state index is 0.0373. The first kappa shape index (κ1) is 23.6. The van der Waals surface area contributed by atoms with Crippen molar-refractivity contribution in [2.24, 2.45) is 0 Å². The molecular weight excluding hydrogens is 454 g/mol. The van der Waals surface area contributed by atoms with Gasteiger partial charge in [0.15, 0.2) is 5.76 Å². The van der Waals surface area contributed by atoms with Gasteiger partial charge >= 0.3 is 11.9 Å². The van der Waals surface area contributed by atoms with Crippen LogP contribution in [0.2, 0.25) is 5.02 Å². The van der Waals surface area contributed by atoms with Gasteiger partial charge < -0.3 is 19.2 Å². The summed E-state index contributed by atoms with van der Waals surface area (Å²) in [5, 5.41) is 3.43. The third kappa shape index (κ3) is 4.87. The van der Waals surface area contributed by atoms with E-state index in [9.17, 15) is 14.4 Å². The fraction of sp³-hybridized carbons (Fsp3) is 0.261. The molecule has 0 saturated carbocycles. The number of benzene rings is 1. The van der Waals surface area contributed by atoms with Crippen molar-refractivity contribution in [3.63, 3.8) is 0 Å². The fourth-order valence-corrected chi connectivity index (χ4v) is 4.23. The van der Waals surface area contributed by atoms with Crippen molar-refractivity contribution in [3.8, 4) is 11.3 Å². The summed E-state index contributed by atoms with van der Waals surface area (Å²) in [7, 11) is 0. The molecule has 1 amide bonds. The Labute approximate surface area is 194 Å². The van der Waals surface area contributed by atoms with Gasteiger partial charge in [0, 0.05) is 10.6 Å². The molecule has 3 aromatic rings. The van der Waals surface area contributed by atoms with Gasteiger partial charge in [-0.25, -0.2) is 9.59 Å². The molecule has 1 aromatic carbocycles. The second kappa shape index (κ2) is 10.0. The first-order chi connectivity index (χ1) is 15.3. The number of furan rings is 1. The predicted molar refractivity (Wildman–Crippen MR) is 123 cm³/mol. The number of ether oxygens (including phenoxy) is 2. The van der Waals surface area contributed by atoms with Crippen molar-refractivity contribution < 1.29 is 28.3 Å². The highest BCUT2D eigenvalue weighted by atomic mass is 35.5. The molecule has 0 unspecified atom stereocenters. The number of aryl methyl sites for hydroxylation is 1.